The molecular formula is C27H23F3N4O2. The van der Waals surface area contributed by atoms with E-state index >= 15 is 0 Å². The van der Waals surface area contributed by atoms with Crippen molar-refractivity contribution in [1.82, 2.24) is 9.97 Å². The van der Waals surface area contributed by atoms with E-state index in [9.17, 15) is 23.1 Å². The maximum Gasteiger partial charge on any atom is 0.416 e. The summed E-state index contributed by atoms with van der Waals surface area (Å²) in [6, 6.07) is 18.5. The van der Waals surface area contributed by atoms with Gasteiger partial charge >= 0.3 is 6.18 Å². The first-order valence-electron chi connectivity index (χ1n) is 11.1. The Balaban J connectivity index is 1.46. The number of aliphatic hydroxyl groups excluding tert-OH is 1. The fourth-order valence-electron chi connectivity index (χ4n) is 3.59. The molecule has 184 valence electrons. The van der Waals surface area contributed by atoms with Gasteiger partial charge in [0.05, 0.1) is 36.3 Å². The highest BCUT2D eigenvalue weighted by Crippen LogP contribution is 2.30. The van der Waals surface area contributed by atoms with E-state index in [-0.39, 0.29) is 18.2 Å². The van der Waals surface area contributed by atoms with Crippen LogP contribution in [0.4, 0.5) is 24.7 Å². The average molecular weight is 493 g/mol. The number of nitrogens with one attached hydrogen (secondary N) is 2. The Bertz CT molecular complexity index is 1360. The second-order valence-electron chi connectivity index (χ2n) is 8.17. The number of aromatic nitrogens is 2. The van der Waals surface area contributed by atoms with Crippen molar-refractivity contribution in [3.8, 4) is 11.3 Å². The SMILES string of the molecule is C[C@H](Nc1cncc(-c2ccc(CO)cc2)n1)c1cccc(NC(=O)c2cccc(C(F)(F)F)c2)c1. The van der Waals surface area contributed by atoms with Gasteiger partial charge in [0.15, 0.2) is 0 Å². The van der Waals surface area contributed by atoms with Crippen molar-refractivity contribution in [2.24, 2.45) is 0 Å². The smallest absolute Gasteiger partial charge is 0.392 e. The molecule has 0 spiro atoms. The summed E-state index contributed by atoms with van der Waals surface area (Å²) >= 11 is 0. The van der Waals surface area contributed by atoms with Gasteiger partial charge in [-0.05, 0) is 48.4 Å². The fraction of sp³-hybridized carbons (Fsp3) is 0.148. The molecule has 6 nitrogen and oxygen atoms in total. The predicted molar refractivity (Wildman–Crippen MR) is 131 cm³/mol. The summed E-state index contributed by atoms with van der Waals surface area (Å²) in [4.78, 5) is 21.4. The van der Waals surface area contributed by atoms with Crippen molar-refractivity contribution in [3.63, 3.8) is 0 Å². The van der Waals surface area contributed by atoms with E-state index in [1.54, 1.807) is 30.6 Å². The summed E-state index contributed by atoms with van der Waals surface area (Å²) in [6.45, 7) is 1.88. The Morgan fingerprint density at radius 3 is 2.47 bits per heavy atom. The van der Waals surface area contributed by atoms with Crippen LogP contribution < -0.4 is 10.6 Å². The van der Waals surface area contributed by atoms with Crippen LogP contribution in [0.2, 0.25) is 0 Å². The average Bonchev–Trinajstić information content (AvgIpc) is 2.88. The molecule has 1 atom stereocenters. The van der Waals surface area contributed by atoms with Gasteiger partial charge in [-0.25, -0.2) is 4.98 Å². The van der Waals surface area contributed by atoms with Gasteiger partial charge in [0.25, 0.3) is 5.91 Å². The number of hydrogen-bond acceptors (Lipinski definition) is 5. The molecule has 0 aliphatic rings. The summed E-state index contributed by atoms with van der Waals surface area (Å²) in [5.74, 6) is -0.0886. The zero-order chi connectivity index (χ0) is 25.7. The third-order valence-electron chi connectivity index (χ3n) is 5.53. The quantitative estimate of drug-likeness (QED) is 0.291. The van der Waals surface area contributed by atoms with Gasteiger partial charge in [-0.3, -0.25) is 9.78 Å². The molecule has 0 bridgehead atoms. The van der Waals surface area contributed by atoms with Crippen molar-refractivity contribution >= 4 is 17.4 Å². The number of amides is 1. The molecule has 0 aliphatic carbocycles. The molecule has 1 aromatic heterocycles. The number of alkyl halides is 3. The summed E-state index contributed by atoms with van der Waals surface area (Å²) in [7, 11) is 0. The first-order chi connectivity index (χ1) is 17.2. The normalized spacial score (nSPS) is 12.1. The standard InChI is InChI=1S/C27H23F3N4O2/c1-17(32-25-15-31-14-24(34-25)19-10-8-18(16-35)9-11-19)20-4-3-7-23(13-20)33-26(36)21-5-2-6-22(12-21)27(28,29)30/h2-15,17,35H,16H2,1H3,(H,32,34)(H,33,36)/t17-/m0/s1. The van der Waals surface area contributed by atoms with E-state index in [1.807, 2.05) is 37.3 Å². The second-order valence-corrected chi connectivity index (χ2v) is 8.17. The first-order valence-corrected chi connectivity index (χ1v) is 11.1. The van der Waals surface area contributed by atoms with Crippen LogP contribution in [0.3, 0.4) is 0 Å². The molecule has 0 unspecified atom stereocenters. The zero-order valence-corrected chi connectivity index (χ0v) is 19.3. The minimum Gasteiger partial charge on any atom is -0.392 e. The maximum atomic E-state index is 13.0. The molecule has 3 N–H and O–H groups in total. The topological polar surface area (TPSA) is 87.1 Å². The molecule has 1 heterocycles. The zero-order valence-electron chi connectivity index (χ0n) is 19.3. The fourth-order valence-corrected chi connectivity index (χ4v) is 3.59. The van der Waals surface area contributed by atoms with Gasteiger partial charge in [-0.15, -0.1) is 0 Å². The Morgan fingerprint density at radius 2 is 1.75 bits per heavy atom. The minimum atomic E-state index is -4.53. The van der Waals surface area contributed by atoms with Gasteiger partial charge in [-0.2, -0.15) is 13.2 Å². The third kappa shape index (κ3) is 6.05. The van der Waals surface area contributed by atoms with Gasteiger partial charge in [0.1, 0.15) is 5.82 Å². The Morgan fingerprint density at radius 1 is 1.00 bits per heavy atom. The van der Waals surface area contributed by atoms with Crippen molar-refractivity contribution in [2.75, 3.05) is 10.6 Å². The number of aliphatic hydroxyl groups is 1. The van der Waals surface area contributed by atoms with Gasteiger partial charge in [0.2, 0.25) is 0 Å². The van der Waals surface area contributed by atoms with Crippen molar-refractivity contribution in [2.45, 2.75) is 25.7 Å². The molecule has 1 amide bonds. The Kier molecular flexibility index (Phi) is 7.30. The van der Waals surface area contributed by atoms with Crippen LogP contribution in [0.5, 0.6) is 0 Å². The van der Waals surface area contributed by atoms with Gasteiger partial charge in [0, 0.05) is 16.8 Å². The molecule has 0 aliphatic heterocycles. The number of anilines is 2. The summed E-state index contributed by atoms with van der Waals surface area (Å²) in [6.07, 6.45) is -1.28. The number of benzene rings is 3. The van der Waals surface area contributed by atoms with Crippen LogP contribution in [0.1, 0.15) is 40.0 Å². The van der Waals surface area contributed by atoms with Crippen molar-refractivity contribution in [1.29, 1.82) is 0 Å². The van der Waals surface area contributed by atoms with Crippen LogP contribution in [0.15, 0.2) is 85.2 Å². The highest BCUT2D eigenvalue weighted by molar-refractivity contribution is 6.04. The molecule has 0 fully saturated rings. The first kappa shape index (κ1) is 24.9. The van der Waals surface area contributed by atoms with Gasteiger partial charge < -0.3 is 15.7 Å². The molecule has 4 rings (SSSR count). The molecule has 0 saturated heterocycles. The monoisotopic (exact) mass is 492 g/mol. The predicted octanol–water partition coefficient (Wildman–Crippen LogP) is 6.08. The number of carbonyl (C=O) groups is 1. The second kappa shape index (κ2) is 10.6. The summed E-state index contributed by atoms with van der Waals surface area (Å²) < 4.78 is 38.9. The van der Waals surface area contributed by atoms with E-state index in [0.29, 0.717) is 17.2 Å². The molecular weight excluding hydrogens is 469 g/mol. The molecule has 9 heteroatoms. The van der Waals surface area contributed by atoms with Crippen LogP contribution in [0, 0.1) is 0 Å². The largest absolute Gasteiger partial charge is 0.416 e. The molecule has 36 heavy (non-hydrogen) atoms. The van der Waals surface area contributed by atoms with E-state index in [2.05, 4.69) is 20.6 Å². The summed E-state index contributed by atoms with van der Waals surface area (Å²) in [5.41, 5.74) is 2.64. The van der Waals surface area contributed by atoms with E-state index in [1.165, 1.54) is 12.1 Å². The highest BCUT2D eigenvalue weighted by Gasteiger charge is 2.30. The van der Waals surface area contributed by atoms with E-state index < -0.39 is 17.6 Å². The Hall–Kier alpha value is -4.24. The molecule has 0 saturated carbocycles. The number of rotatable bonds is 7. The number of nitrogens with zero attached hydrogens (tertiary/aromatic N) is 2. The van der Waals surface area contributed by atoms with Gasteiger partial charge in [-0.1, -0.05) is 42.5 Å². The van der Waals surface area contributed by atoms with Crippen molar-refractivity contribution in [3.05, 3.63) is 107 Å². The third-order valence-corrected chi connectivity index (χ3v) is 5.53. The lowest BCUT2D eigenvalue weighted by Gasteiger charge is -2.17. The number of carbonyl (C=O) groups excluding carboxylic acids is 1. The Labute approximate surface area is 205 Å². The lowest BCUT2D eigenvalue weighted by molar-refractivity contribution is -0.137. The molecule has 3 aromatic carbocycles. The van der Waals surface area contributed by atoms with Crippen LogP contribution >= 0.6 is 0 Å². The van der Waals surface area contributed by atoms with E-state index in [0.717, 1.165) is 28.8 Å². The maximum absolute atomic E-state index is 13.0. The van der Waals surface area contributed by atoms with Crippen LogP contribution in [-0.4, -0.2) is 21.0 Å². The number of halogens is 3. The number of hydrogen-bond donors (Lipinski definition) is 3. The van der Waals surface area contributed by atoms with Crippen LogP contribution in [0.25, 0.3) is 11.3 Å². The molecule has 4 aromatic rings. The van der Waals surface area contributed by atoms with Crippen LogP contribution in [-0.2, 0) is 12.8 Å². The van der Waals surface area contributed by atoms with Crippen molar-refractivity contribution < 1.29 is 23.1 Å². The lowest BCUT2D eigenvalue weighted by atomic mass is 10.1. The summed E-state index contributed by atoms with van der Waals surface area (Å²) in [5, 5.41) is 15.1. The highest BCUT2D eigenvalue weighted by atomic mass is 19.4. The molecule has 0 radical (unpaired) electrons. The van der Waals surface area contributed by atoms with E-state index in [4.69, 9.17) is 0 Å². The minimum absolute atomic E-state index is 0.0372. The lowest BCUT2D eigenvalue weighted by Crippen LogP contribution is -2.14.